The number of aromatic nitrogens is 1. The topological polar surface area (TPSA) is 65.6 Å². The standard InChI is InChI=1S/C23H19FN2O3/c1-26(2)17-8-3-14(4-9-17)15-5-12-19-20(13-15)25-23(28)22(21(19)27)29-18-10-6-16(24)7-11-18/h3-13H,1-2H3,(H2,25,27,28). The summed E-state index contributed by atoms with van der Waals surface area (Å²) >= 11 is 0. The van der Waals surface area contributed by atoms with Gasteiger partial charge in [0.05, 0.1) is 5.52 Å². The van der Waals surface area contributed by atoms with Crippen molar-refractivity contribution in [3.8, 4) is 28.4 Å². The van der Waals surface area contributed by atoms with Crippen molar-refractivity contribution in [1.29, 1.82) is 0 Å². The van der Waals surface area contributed by atoms with Crippen LogP contribution in [0.4, 0.5) is 10.1 Å². The highest BCUT2D eigenvalue weighted by Crippen LogP contribution is 2.35. The van der Waals surface area contributed by atoms with Crippen molar-refractivity contribution in [2.45, 2.75) is 0 Å². The van der Waals surface area contributed by atoms with Gasteiger partial charge in [-0.05, 0) is 59.7 Å². The van der Waals surface area contributed by atoms with E-state index in [4.69, 9.17) is 4.74 Å². The van der Waals surface area contributed by atoms with Crippen molar-refractivity contribution in [2.24, 2.45) is 0 Å². The fraction of sp³-hybridized carbons (Fsp3) is 0.0870. The van der Waals surface area contributed by atoms with Crippen molar-refractivity contribution in [1.82, 2.24) is 4.98 Å². The van der Waals surface area contributed by atoms with E-state index < -0.39 is 11.4 Å². The van der Waals surface area contributed by atoms with E-state index >= 15 is 0 Å². The molecular formula is C23H19FN2O3. The van der Waals surface area contributed by atoms with E-state index in [2.05, 4.69) is 4.98 Å². The maximum atomic E-state index is 13.1. The molecule has 0 aliphatic heterocycles. The van der Waals surface area contributed by atoms with E-state index in [0.29, 0.717) is 10.9 Å². The molecule has 0 atom stereocenters. The third-order valence-corrected chi connectivity index (χ3v) is 4.69. The number of aromatic amines is 1. The Morgan fingerprint density at radius 2 is 1.59 bits per heavy atom. The molecule has 0 spiro atoms. The van der Waals surface area contributed by atoms with Gasteiger partial charge in [0, 0.05) is 25.2 Å². The lowest BCUT2D eigenvalue weighted by Crippen LogP contribution is -2.09. The number of H-pyrrole nitrogens is 1. The van der Waals surface area contributed by atoms with Gasteiger partial charge in [-0.1, -0.05) is 18.2 Å². The average Bonchev–Trinajstić information content (AvgIpc) is 2.72. The van der Waals surface area contributed by atoms with Gasteiger partial charge in [-0.2, -0.15) is 0 Å². The van der Waals surface area contributed by atoms with E-state index in [1.54, 1.807) is 6.07 Å². The van der Waals surface area contributed by atoms with E-state index in [0.717, 1.165) is 16.8 Å². The number of nitrogens with one attached hydrogen (secondary N) is 1. The summed E-state index contributed by atoms with van der Waals surface area (Å²) in [4.78, 5) is 17.2. The van der Waals surface area contributed by atoms with Crippen LogP contribution in [0.1, 0.15) is 0 Å². The van der Waals surface area contributed by atoms with Gasteiger partial charge >= 0.3 is 0 Å². The van der Waals surface area contributed by atoms with Gasteiger partial charge in [-0.25, -0.2) is 4.39 Å². The second-order valence-corrected chi connectivity index (χ2v) is 6.89. The van der Waals surface area contributed by atoms with E-state index in [1.165, 1.54) is 24.3 Å². The van der Waals surface area contributed by atoms with Gasteiger partial charge in [0.15, 0.2) is 5.75 Å². The fourth-order valence-electron chi connectivity index (χ4n) is 3.11. The predicted molar refractivity (Wildman–Crippen MR) is 112 cm³/mol. The summed E-state index contributed by atoms with van der Waals surface area (Å²) in [5.41, 5.74) is 2.91. The zero-order valence-corrected chi connectivity index (χ0v) is 15.9. The number of fused-ring (bicyclic) bond motifs is 1. The fourth-order valence-corrected chi connectivity index (χ4v) is 3.11. The number of rotatable bonds is 4. The molecule has 0 amide bonds. The molecule has 3 aromatic carbocycles. The Kier molecular flexibility index (Phi) is 4.68. The van der Waals surface area contributed by atoms with Crippen LogP contribution in [0.3, 0.4) is 0 Å². The van der Waals surface area contributed by atoms with Crippen molar-refractivity contribution in [2.75, 3.05) is 19.0 Å². The number of halogens is 1. The zero-order chi connectivity index (χ0) is 20.5. The third-order valence-electron chi connectivity index (χ3n) is 4.69. The monoisotopic (exact) mass is 390 g/mol. The van der Waals surface area contributed by atoms with Crippen molar-refractivity contribution in [3.05, 3.63) is 82.9 Å². The van der Waals surface area contributed by atoms with Gasteiger partial charge in [0.25, 0.3) is 5.56 Å². The summed E-state index contributed by atoms with van der Waals surface area (Å²) in [7, 11) is 3.95. The maximum absolute atomic E-state index is 13.1. The Labute approximate surface area is 166 Å². The Hall–Kier alpha value is -3.80. The maximum Gasteiger partial charge on any atom is 0.295 e. The molecule has 0 unspecified atom stereocenters. The lowest BCUT2D eigenvalue weighted by Gasteiger charge is -2.13. The molecule has 4 rings (SSSR count). The van der Waals surface area contributed by atoms with Gasteiger partial charge in [0.2, 0.25) is 5.75 Å². The first kappa shape index (κ1) is 18.6. The molecule has 0 bridgehead atoms. The summed E-state index contributed by atoms with van der Waals surface area (Å²) in [6.45, 7) is 0. The number of nitrogens with zero attached hydrogens (tertiary/aromatic N) is 1. The molecule has 6 heteroatoms. The van der Waals surface area contributed by atoms with Gasteiger partial charge < -0.3 is 19.7 Å². The number of benzene rings is 3. The molecule has 4 aromatic rings. The largest absolute Gasteiger partial charge is 0.504 e. The molecule has 29 heavy (non-hydrogen) atoms. The molecule has 146 valence electrons. The quantitative estimate of drug-likeness (QED) is 0.520. The third kappa shape index (κ3) is 3.65. The van der Waals surface area contributed by atoms with Gasteiger partial charge in [0.1, 0.15) is 11.6 Å². The van der Waals surface area contributed by atoms with Crippen LogP contribution in [0.5, 0.6) is 17.2 Å². The molecule has 0 radical (unpaired) electrons. The van der Waals surface area contributed by atoms with Crippen LogP contribution < -0.4 is 15.2 Å². The van der Waals surface area contributed by atoms with Crippen molar-refractivity contribution < 1.29 is 14.2 Å². The number of hydrogen-bond acceptors (Lipinski definition) is 4. The number of ether oxygens (including phenoxy) is 1. The normalized spacial score (nSPS) is 10.9. The minimum absolute atomic E-state index is 0.229. The Balaban J connectivity index is 1.73. The molecule has 0 aliphatic rings. The zero-order valence-electron chi connectivity index (χ0n) is 15.9. The molecule has 2 N–H and O–H groups in total. The van der Waals surface area contributed by atoms with Crippen LogP contribution in [0.2, 0.25) is 0 Å². The number of hydrogen-bond donors (Lipinski definition) is 2. The molecule has 0 fully saturated rings. The summed E-state index contributed by atoms with van der Waals surface area (Å²) in [5.74, 6) is -0.654. The second-order valence-electron chi connectivity index (χ2n) is 6.89. The van der Waals surface area contributed by atoms with Crippen molar-refractivity contribution in [3.63, 3.8) is 0 Å². The van der Waals surface area contributed by atoms with Crippen molar-refractivity contribution >= 4 is 16.6 Å². The van der Waals surface area contributed by atoms with E-state index in [-0.39, 0.29) is 17.2 Å². The number of aromatic hydroxyl groups is 1. The number of pyridine rings is 1. The van der Waals surface area contributed by atoms with E-state index in [1.807, 2.05) is 55.4 Å². The highest BCUT2D eigenvalue weighted by Gasteiger charge is 2.15. The summed E-state index contributed by atoms with van der Waals surface area (Å²) < 4.78 is 18.5. The summed E-state index contributed by atoms with van der Waals surface area (Å²) in [5, 5.41) is 11.0. The van der Waals surface area contributed by atoms with Crippen LogP contribution in [0.15, 0.2) is 71.5 Å². The van der Waals surface area contributed by atoms with Gasteiger partial charge in [-0.15, -0.1) is 0 Å². The first-order chi connectivity index (χ1) is 13.9. The first-order valence-electron chi connectivity index (χ1n) is 9.02. The lowest BCUT2D eigenvalue weighted by molar-refractivity contribution is 0.410. The molecule has 1 heterocycles. The van der Waals surface area contributed by atoms with Crippen LogP contribution in [0, 0.1) is 5.82 Å². The Bertz CT molecular complexity index is 1230. The number of anilines is 1. The Morgan fingerprint density at radius 1 is 0.931 bits per heavy atom. The summed E-state index contributed by atoms with van der Waals surface area (Å²) in [6, 6.07) is 18.6. The van der Waals surface area contributed by atoms with Crippen LogP contribution in [-0.4, -0.2) is 24.2 Å². The predicted octanol–water partition coefficient (Wildman–Crippen LogP) is 4.90. The minimum Gasteiger partial charge on any atom is -0.504 e. The summed E-state index contributed by atoms with van der Waals surface area (Å²) in [6.07, 6.45) is 0. The highest BCUT2D eigenvalue weighted by molar-refractivity contribution is 5.90. The van der Waals surface area contributed by atoms with Gasteiger partial charge in [-0.3, -0.25) is 4.79 Å². The van der Waals surface area contributed by atoms with Crippen LogP contribution in [-0.2, 0) is 0 Å². The molecule has 0 saturated carbocycles. The molecule has 1 aromatic heterocycles. The second kappa shape index (κ2) is 7.31. The van der Waals surface area contributed by atoms with Crippen LogP contribution >= 0.6 is 0 Å². The molecular weight excluding hydrogens is 371 g/mol. The minimum atomic E-state index is -0.570. The lowest BCUT2D eigenvalue weighted by atomic mass is 10.0. The molecule has 0 saturated heterocycles. The smallest absolute Gasteiger partial charge is 0.295 e. The molecule has 0 aliphatic carbocycles. The SMILES string of the molecule is CN(C)c1ccc(-c2ccc3c(O)c(Oc4ccc(F)cc4)c(=O)[nH]c3c2)cc1. The average molecular weight is 390 g/mol. The first-order valence-corrected chi connectivity index (χ1v) is 9.02. The highest BCUT2D eigenvalue weighted by atomic mass is 19.1. The molecule has 5 nitrogen and oxygen atoms in total. The van der Waals surface area contributed by atoms with E-state index in [9.17, 15) is 14.3 Å². The van der Waals surface area contributed by atoms with Crippen LogP contribution in [0.25, 0.3) is 22.0 Å². The Morgan fingerprint density at radius 3 is 2.24 bits per heavy atom.